The third-order valence-corrected chi connectivity index (χ3v) is 5.55. The van der Waals surface area contributed by atoms with Gasteiger partial charge in [-0.05, 0) is 25.0 Å². The summed E-state index contributed by atoms with van der Waals surface area (Å²) < 4.78 is 1.94. The number of nitrogens with one attached hydrogen (secondary N) is 2. The number of fused-ring (bicyclic) bond motifs is 1. The molecule has 1 fully saturated rings. The Morgan fingerprint density at radius 3 is 2.48 bits per heavy atom. The molecule has 0 saturated heterocycles. The van der Waals surface area contributed by atoms with Crippen molar-refractivity contribution in [2.24, 2.45) is 0 Å². The Kier molecular flexibility index (Phi) is 5.48. The van der Waals surface area contributed by atoms with E-state index in [1.165, 1.54) is 0 Å². The lowest BCUT2D eigenvalue weighted by Gasteiger charge is -2.11. The van der Waals surface area contributed by atoms with Crippen LogP contribution in [0.3, 0.4) is 0 Å². The average molecular weight is 441 g/mol. The van der Waals surface area contributed by atoms with Crippen molar-refractivity contribution in [3.05, 3.63) is 72.6 Å². The summed E-state index contributed by atoms with van der Waals surface area (Å²) in [5, 5.41) is 15.1. The Morgan fingerprint density at radius 2 is 1.79 bits per heavy atom. The zero-order valence-electron chi connectivity index (χ0n) is 17.9. The Labute approximate surface area is 190 Å². The summed E-state index contributed by atoms with van der Waals surface area (Å²) >= 11 is 0. The molecule has 1 amide bonds. The van der Waals surface area contributed by atoms with Crippen molar-refractivity contribution in [3.63, 3.8) is 0 Å². The fourth-order valence-electron chi connectivity index (χ4n) is 3.65. The van der Waals surface area contributed by atoms with Gasteiger partial charge in [-0.3, -0.25) is 14.0 Å². The molecule has 0 spiro atoms. The molecule has 1 saturated carbocycles. The number of carbonyl (C=O) groups excluding carboxylic acids is 1. The van der Waals surface area contributed by atoms with Gasteiger partial charge in [0.2, 0.25) is 0 Å². The molecule has 166 valence electrons. The number of carboxylic acids is 1. The van der Waals surface area contributed by atoms with Gasteiger partial charge in [-0.1, -0.05) is 42.5 Å². The molecule has 2 aromatic carbocycles. The highest BCUT2D eigenvalue weighted by molar-refractivity contribution is 5.95. The van der Waals surface area contributed by atoms with Gasteiger partial charge >= 0.3 is 5.97 Å². The Balaban J connectivity index is 1.52. The number of nitrogens with zero attached hydrogens (tertiary/aromatic N) is 3. The van der Waals surface area contributed by atoms with E-state index in [2.05, 4.69) is 15.6 Å². The first kappa shape index (κ1) is 20.7. The second-order valence-electron chi connectivity index (χ2n) is 8.07. The molecule has 8 heteroatoms. The number of aromatic nitrogens is 3. The summed E-state index contributed by atoms with van der Waals surface area (Å²) in [6.45, 7) is 0.239. The number of benzene rings is 2. The number of imidazole rings is 1. The van der Waals surface area contributed by atoms with Crippen molar-refractivity contribution in [2.75, 3.05) is 11.9 Å². The fraction of sp³-hybridized carbons (Fsp3) is 0.200. The monoisotopic (exact) mass is 441 g/mol. The molecule has 2 heterocycles. The molecule has 1 aliphatic rings. The molecular formula is C25H23N5O3. The highest BCUT2D eigenvalue weighted by Crippen LogP contribution is 2.28. The summed E-state index contributed by atoms with van der Waals surface area (Å²) in [4.78, 5) is 32.5. The first-order valence-corrected chi connectivity index (χ1v) is 10.9. The van der Waals surface area contributed by atoms with E-state index in [-0.39, 0.29) is 18.9 Å². The molecule has 0 atom stereocenters. The van der Waals surface area contributed by atoms with Crippen molar-refractivity contribution in [1.82, 2.24) is 19.7 Å². The lowest BCUT2D eigenvalue weighted by molar-refractivity contribution is -0.136. The van der Waals surface area contributed by atoms with E-state index in [0.717, 1.165) is 35.4 Å². The zero-order valence-corrected chi connectivity index (χ0v) is 17.9. The summed E-state index contributed by atoms with van der Waals surface area (Å²) in [6.07, 6.45) is 5.75. The predicted molar refractivity (Wildman–Crippen MR) is 125 cm³/mol. The molecule has 0 bridgehead atoms. The van der Waals surface area contributed by atoms with E-state index in [9.17, 15) is 9.59 Å². The minimum absolute atomic E-state index is 0.0264. The zero-order chi connectivity index (χ0) is 22.8. The van der Waals surface area contributed by atoms with Gasteiger partial charge in [-0.15, -0.1) is 0 Å². The topological polar surface area (TPSA) is 109 Å². The Hall–Kier alpha value is -4.20. The van der Waals surface area contributed by atoms with Crippen LogP contribution in [0.1, 0.15) is 29.6 Å². The summed E-state index contributed by atoms with van der Waals surface area (Å²) in [6, 6.07) is 17.5. The maximum atomic E-state index is 12.3. The van der Waals surface area contributed by atoms with Gasteiger partial charge in [0.05, 0.1) is 24.0 Å². The molecule has 8 nitrogen and oxygen atoms in total. The highest BCUT2D eigenvalue weighted by Gasteiger charge is 2.23. The quantitative estimate of drug-likeness (QED) is 0.383. The van der Waals surface area contributed by atoms with Crippen LogP contribution in [0.5, 0.6) is 0 Å². The van der Waals surface area contributed by atoms with Crippen LogP contribution in [0.15, 0.2) is 67.0 Å². The number of hydrogen-bond acceptors (Lipinski definition) is 5. The van der Waals surface area contributed by atoms with Gasteiger partial charge in [-0.2, -0.15) is 0 Å². The first-order chi connectivity index (χ1) is 16.1. The molecule has 1 aliphatic carbocycles. The van der Waals surface area contributed by atoms with E-state index < -0.39 is 5.97 Å². The summed E-state index contributed by atoms with van der Waals surface area (Å²) in [5.74, 6) is -0.417. The highest BCUT2D eigenvalue weighted by atomic mass is 16.4. The molecular weight excluding hydrogens is 418 g/mol. The van der Waals surface area contributed by atoms with Crippen LogP contribution in [-0.4, -0.2) is 43.9 Å². The third kappa shape index (κ3) is 4.55. The van der Waals surface area contributed by atoms with Crippen LogP contribution in [0.4, 0.5) is 5.82 Å². The van der Waals surface area contributed by atoms with E-state index in [0.29, 0.717) is 23.1 Å². The minimum Gasteiger partial charge on any atom is -0.481 e. The lowest BCUT2D eigenvalue weighted by atomic mass is 10.1. The Bertz CT molecular complexity index is 1310. The standard InChI is InChI=1S/C25H23N5O3/c31-22(32)12-13-26-23-24-27-14-21(30(24)15-20(29-23)16-4-2-1-3-5-16)17-6-8-18(9-7-17)25(33)28-19-10-11-19/h1-9,14-15,19H,10-13H2,(H,26,29)(H,28,33)(H,31,32). The largest absolute Gasteiger partial charge is 0.481 e. The second kappa shape index (κ2) is 8.74. The van der Waals surface area contributed by atoms with E-state index >= 15 is 0 Å². The van der Waals surface area contributed by atoms with Crippen molar-refractivity contribution in [3.8, 4) is 22.5 Å². The molecule has 33 heavy (non-hydrogen) atoms. The molecule has 2 aromatic heterocycles. The molecule has 5 rings (SSSR count). The van der Waals surface area contributed by atoms with Gasteiger partial charge in [0.1, 0.15) is 0 Å². The average Bonchev–Trinajstić information content (AvgIpc) is 3.54. The van der Waals surface area contributed by atoms with Gasteiger partial charge < -0.3 is 15.7 Å². The summed E-state index contributed by atoms with van der Waals surface area (Å²) in [5.41, 5.74) is 4.66. The normalized spacial score (nSPS) is 13.1. The maximum Gasteiger partial charge on any atom is 0.305 e. The molecule has 0 unspecified atom stereocenters. The van der Waals surface area contributed by atoms with Crippen molar-refractivity contribution in [1.29, 1.82) is 0 Å². The van der Waals surface area contributed by atoms with Crippen LogP contribution in [0, 0.1) is 0 Å². The number of amides is 1. The van der Waals surface area contributed by atoms with Crippen LogP contribution in [0.25, 0.3) is 28.2 Å². The third-order valence-electron chi connectivity index (χ3n) is 5.55. The predicted octanol–water partition coefficient (Wildman–Crippen LogP) is 3.84. The SMILES string of the molecule is O=C(O)CCNc1nc(-c2ccccc2)cn2c(-c3ccc(C(=O)NC4CC4)cc3)cnc12. The number of carboxylic acid groups (broad SMARTS) is 1. The first-order valence-electron chi connectivity index (χ1n) is 10.9. The van der Waals surface area contributed by atoms with E-state index in [1.807, 2.05) is 65.2 Å². The van der Waals surface area contributed by atoms with Crippen LogP contribution in [-0.2, 0) is 4.79 Å². The van der Waals surface area contributed by atoms with Gasteiger partial charge in [0, 0.05) is 35.5 Å². The fourth-order valence-corrected chi connectivity index (χ4v) is 3.65. The van der Waals surface area contributed by atoms with Crippen LogP contribution in [0.2, 0.25) is 0 Å². The molecule has 3 N–H and O–H groups in total. The number of carbonyl (C=O) groups is 2. The molecule has 4 aromatic rings. The van der Waals surface area contributed by atoms with E-state index in [1.54, 1.807) is 6.20 Å². The van der Waals surface area contributed by atoms with Crippen molar-refractivity contribution >= 4 is 23.3 Å². The van der Waals surface area contributed by atoms with Crippen LogP contribution >= 0.6 is 0 Å². The van der Waals surface area contributed by atoms with Gasteiger partial charge in [0.15, 0.2) is 11.5 Å². The van der Waals surface area contributed by atoms with E-state index in [4.69, 9.17) is 10.1 Å². The smallest absolute Gasteiger partial charge is 0.305 e. The van der Waals surface area contributed by atoms with Gasteiger partial charge in [-0.25, -0.2) is 9.97 Å². The number of anilines is 1. The Morgan fingerprint density at radius 1 is 1.03 bits per heavy atom. The van der Waals surface area contributed by atoms with Gasteiger partial charge in [0.25, 0.3) is 5.91 Å². The van der Waals surface area contributed by atoms with Crippen molar-refractivity contribution < 1.29 is 14.7 Å². The maximum absolute atomic E-state index is 12.3. The van der Waals surface area contributed by atoms with Crippen molar-refractivity contribution in [2.45, 2.75) is 25.3 Å². The molecule has 0 aliphatic heterocycles. The minimum atomic E-state index is -0.882. The van der Waals surface area contributed by atoms with Crippen LogP contribution < -0.4 is 10.6 Å². The number of hydrogen-bond donors (Lipinski definition) is 3. The summed E-state index contributed by atoms with van der Waals surface area (Å²) in [7, 11) is 0. The number of rotatable bonds is 8. The lowest BCUT2D eigenvalue weighted by Crippen LogP contribution is -2.25. The molecule has 0 radical (unpaired) electrons. The second-order valence-corrected chi connectivity index (χ2v) is 8.07. The number of aliphatic carboxylic acids is 1.